The largest absolute Gasteiger partial charge is 0.481 e. The van der Waals surface area contributed by atoms with Gasteiger partial charge in [0, 0.05) is 12.6 Å². The van der Waals surface area contributed by atoms with Gasteiger partial charge in [0.2, 0.25) is 0 Å². The number of aliphatic carboxylic acids is 1. The van der Waals surface area contributed by atoms with Crippen LogP contribution in [0.1, 0.15) is 23.0 Å². The number of nitrogens with one attached hydrogen (secondary N) is 1. The average molecular weight is 262 g/mol. The summed E-state index contributed by atoms with van der Waals surface area (Å²) in [7, 11) is 0. The minimum Gasteiger partial charge on any atom is -0.481 e. The minimum absolute atomic E-state index is 0.134. The number of carboxylic acid groups (broad SMARTS) is 1. The van der Waals surface area contributed by atoms with E-state index in [2.05, 4.69) is 16.4 Å². The van der Waals surface area contributed by atoms with Gasteiger partial charge in [0.05, 0.1) is 21.1 Å². The van der Waals surface area contributed by atoms with Crippen molar-refractivity contribution >= 4 is 27.5 Å². The Bertz CT molecular complexity index is 608. The van der Waals surface area contributed by atoms with Crippen LogP contribution in [0.25, 0.3) is 10.2 Å². The number of carbonyl (C=O) groups is 1. The van der Waals surface area contributed by atoms with Gasteiger partial charge in [-0.2, -0.15) is 0 Å². The van der Waals surface area contributed by atoms with Crippen molar-refractivity contribution in [1.82, 2.24) is 10.3 Å². The van der Waals surface area contributed by atoms with E-state index < -0.39 is 5.97 Å². The summed E-state index contributed by atoms with van der Waals surface area (Å²) in [4.78, 5) is 15.5. The molecule has 2 atom stereocenters. The highest BCUT2D eigenvalue weighted by atomic mass is 32.1. The van der Waals surface area contributed by atoms with Crippen LogP contribution in [0, 0.1) is 12.8 Å². The number of hydrogen-bond donors (Lipinski definition) is 2. The molecule has 2 aromatic rings. The summed E-state index contributed by atoms with van der Waals surface area (Å²) in [6, 6.07) is 6.20. The molecule has 2 heterocycles. The molecule has 1 saturated heterocycles. The van der Waals surface area contributed by atoms with E-state index in [1.165, 1.54) is 10.3 Å². The van der Waals surface area contributed by atoms with Crippen LogP contribution in [-0.4, -0.2) is 22.6 Å². The quantitative estimate of drug-likeness (QED) is 0.872. The number of aromatic nitrogens is 1. The Labute approximate surface area is 109 Å². The molecule has 2 unspecified atom stereocenters. The minimum atomic E-state index is -0.710. The first-order valence-corrected chi connectivity index (χ1v) is 6.79. The summed E-state index contributed by atoms with van der Waals surface area (Å²) in [5.74, 6) is -0.989. The highest BCUT2D eigenvalue weighted by Crippen LogP contribution is 2.34. The van der Waals surface area contributed by atoms with E-state index in [9.17, 15) is 4.79 Å². The van der Waals surface area contributed by atoms with Crippen LogP contribution >= 0.6 is 11.3 Å². The molecule has 4 nitrogen and oxygen atoms in total. The van der Waals surface area contributed by atoms with Crippen LogP contribution in [0.5, 0.6) is 0 Å². The third-order valence-corrected chi connectivity index (χ3v) is 4.44. The lowest BCUT2D eigenvalue weighted by Gasteiger charge is -2.11. The van der Waals surface area contributed by atoms with E-state index in [0.29, 0.717) is 13.0 Å². The molecule has 0 amide bonds. The number of aryl methyl sites for hydroxylation is 1. The monoisotopic (exact) mass is 262 g/mol. The van der Waals surface area contributed by atoms with Crippen molar-refractivity contribution in [2.24, 2.45) is 5.92 Å². The first-order valence-electron chi connectivity index (χ1n) is 5.97. The Balaban J connectivity index is 1.98. The van der Waals surface area contributed by atoms with Gasteiger partial charge in [-0.1, -0.05) is 12.1 Å². The Hall–Kier alpha value is -1.46. The fourth-order valence-electron chi connectivity index (χ4n) is 2.52. The molecule has 1 aliphatic heterocycles. The number of fused-ring (bicyclic) bond motifs is 1. The normalized spacial score (nSPS) is 23.6. The van der Waals surface area contributed by atoms with Crippen LogP contribution < -0.4 is 5.32 Å². The van der Waals surface area contributed by atoms with Gasteiger partial charge in [-0.15, -0.1) is 11.3 Å². The number of hydrogen-bond acceptors (Lipinski definition) is 4. The summed E-state index contributed by atoms with van der Waals surface area (Å²) in [6.45, 7) is 2.55. The summed E-state index contributed by atoms with van der Waals surface area (Å²) < 4.78 is 1.18. The molecular weight excluding hydrogens is 248 g/mol. The molecule has 1 aliphatic rings. The van der Waals surface area contributed by atoms with Crippen LogP contribution in [0.2, 0.25) is 0 Å². The molecule has 0 saturated carbocycles. The first-order chi connectivity index (χ1) is 8.65. The van der Waals surface area contributed by atoms with E-state index in [-0.39, 0.29) is 12.0 Å². The van der Waals surface area contributed by atoms with Crippen molar-refractivity contribution in [2.45, 2.75) is 19.4 Å². The number of carboxylic acids is 1. The van der Waals surface area contributed by atoms with Gasteiger partial charge in [0.25, 0.3) is 0 Å². The number of thiazole rings is 1. The lowest BCUT2D eigenvalue weighted by atomic mass is 10.00. The maximum absolute atomic E-state index is 11.0. The van der Waals surface area contributed by atoms with Crippen molar-refractivity contribution in [2.75, 3.05) is 6.54 Å². The molecule has 5 heteroatoms. The maximum Gasteiger partial charge on any atom is 0.307 e. The molecule has 3 rings (SSSR count). The summed E-state index contributed by atoms with van der Waals surface area (Å²) in [6.07, 6.45) is 0.658. The second-order valence-corrected chi connectivity index (χ2v) is 5.86. The zero-order chi connectivity index (χ0) is 12.7. The summed E-state index contributed by atoms with van der Waals surface area (Å²) >= 11 is 1.68. The second-order valence-electron chi connectivity index (χ2n) is 4.66. The fraction of sp³-hybridized carbons (Fsp3) is 0.385. The number of benzene rings is 1. The van der Waals surface area contributed by atoms with Crippen molar-refractivity contribution in [3.05, 3.63) is 28.8 Å². The van der Waals surface area contributed by atoms with Crippen molar-refractivity contribution in [1.29, 1.82) is 0 Å². The maximum atomic E-state index is 11.0. The van der Waals surface area contributed by atoms with Gasteiger partial charge >= 0.3 is 5.97 Å². The Morgan fingerprint density at radius 2 is 2.39 bits per heavy atom. The topological polar surface area (TPSA) is 62.2 Å². The molecular formula is C13H14N2O2S. The average Bonchev–Trinajstić information content (AvgIpc) is 2.92. The molecule has 0 spiro atoms. The van der Waals surface area contributed by atoms with Gasteiger partial charge in [0.15, 0.2) is 0 Å². The van der Waals surface area contributed by atoms with E-state index in [1.807, 2.05) is 19.1 Å². The van der Waals surface area contributed by atoms with Crippen molar-refractivity contribution in [3.63, 3.8) is 0 Å². The van der Waals surface area contributed by atoms with Gasteiger partial charge in [-0.3, -0.25) is 4.79 Å². The van der Waals surface area contributed by atoms with E-state index in [1.54, 1.807) is 11.3 Å². The molecule has 94 valence electrons. The molecule has 2 N–H and O–H groups in total. The van der Waals surface area contributed by atoms with Crippen LogP contribution in [0.3, 0.4) is 0 Å². The Kier molecular flexibility index (Phi) is 2.80. The summed E-state index contributed by atoms with van der Waals surface area (Å²) in [5.41, 5.74) is 2.19. The zero-order valence-electron chi connectivity index (χ0n) is 10.0. The van der Waals surface area contributed by atoms with E-state index in [0.717, 1.165) is 10.5 Å². The predicted molar refractivity (Wildman–Crippen MR) is 70.8 cm³/mol. The van der Waals surface area contributed by atoms with E-state index >= 15 is 0 Å². The fourth-order valence-corrected chi connectivity index (χ4v) is 3.50. The van der Waals surface area contributed by atoms with E-state index in [4.69, 9.17) is 5.11 Å². The van der Waals surface area contributed by atoms with Gasteiger partial charge in [-0.05, 0) is 25.0 Å². The van der Waals surface area contributed by atoms with Gasteiger partial charge in [-0.25, -0.2) is 4.98 Å². The standard InChI is InChI=1S/C13H14N2O2S/c1-7-15-10-4-2-3-9(12(10)18-7)11-5-8(6-14-11)13(16)17/h2-4,8,11,14H,5-6H2,1H3,(H,16,17). The lowest BCUT2D eigenvalue weighted by Crippen LogP contribution is -2.17. The Morgan fingerprint density at radius 1 is 1.56 bits per heavy atom. The SMILES string of the molecule is Cc1nc2cccc(C3CC(C(=O)O)CN3)c2s1. The molecule has 1 fully saturated rings. The van der Waals surface area contributed by atoms with Crippen molar-refractivity contribution < 1.29 is 9.90 Å². The van der Waals surface area contributed by atoms with Crippen LogP contribution in [0.15, 0.2) is 18.2 Å². The molecule has 1 aromatic carbocycles. The zero-order valence-corrected chi connectivity index (χ0v) is 10.8. The molecule has 1 aromatic heterocycles. The van der Waals surface area contributed by atoms with Crippen molar-refractivity contribution in [3.8, 4) is 0 Å². The molecule has 0 radical (unpaired) electrons. The first kappa shape index (κ1) is 11.6. The Morgan fingerprint density at radius 3 is 3.11 bits per heavy atom. The van der Waals surface area contributed by atoms with Gasteiger partial charge < -0.3 is 10.4 Å². The van der Waals surface area contributed by atoms with Crippen LogP contribution in [-0.2, 0) is 4.79 Å². The smallest absolute Gasteiger partial charge is 0.307 e. The molecule has 0 bridgehead atoms. The highest BCUT2D eigenvalue weighted by molar-refractivity contribution is 7.18. The number of nitrogens with zero attached hydrogens (tertiary/aromatic N) is 1. The third kappa shape index (κ3) is 1.89. The lowest BCUT2D eigenvalue weighted by molar-refractivity contribution is -0.141. The highest BCUT2D eigenvalue weighted by Gasteiger charge is 2.31. The third-order valence-electron chi connectivity index (χ3n) is 3.41. The number of rotatable bonds is 2. The predicted octanol–water partition coefficient (Wildman–Crippen LogP) is 2.34. The second kappa shape index (κ2) is 4.33. The molecule has 18 heavy (non-hydrogen) atoms. The summed E-state index contributed by atoms with van der Waals surface area (Å²) in [5, 5.41) is 13.4. The molecule has 0 aliphatic carbocycles. The van der Waals surface area contributed by atoms with Gasteiger partial charge in [0.1, 0.15) is 0 Å². The van der Waals surface area contributed by atoms with Crippen LogP contribution in [0.4, 0.5) is 0 Å².